The van der Waals surface area contributed by atoms with E-state index in [0.717, 1.165) is 24.2 Å². The number of hydrogen-bond donors (Lipinski definition) is 2. The SMILES string of the molecule is Cc1ccccc1NC1(C(=O)O)CCCN(C)C1. The first kappa shape index (κ1) is 12.9. The Bertz CT molecular complexity index is 447. The molecule has 1 aliphatic heterocycles. The Hall–Kier alpha value is -1.55. The lowest BCUT2D eigenvalue weighted by Gasteiger charge is -2.39. The van der Waals surface area contributed by atoms with E-state index in [4.69, 9.17) is 0 Å². The number of nitrogens with zero attached hydrogens (tertiary/aromatic N) is 1. The van der Waals surface area contributed by atoms with E-state index in [2.05, 4.69) is 10.2 Å². The second-order valence-electron chi connectivity index (χ2n) is 5.17. The minimum Gasteiger partial charge on any atom is -0.479 e. The van der Waals surface area contributed by atoms with Gasteiger partial charge in [-0.3, -0.25) is 0 Å². The van der Waals surface area contributed by atoms with Gasteiger partial charge in [-0.05, 0) is 45.0 Å². The van der Waals surface area contributed by atoms with Crippen molar-refractivity contribution in [1.82, 2.24) is 4.90 Å². The number of likely N-dealkylation sites (N-methyl/N-ethyl adjacent to an activating group) is 1. The van der Waals surface area contributed by atoms with Crippen molar-refractivity contribution in [3.05, 3.63) is 29.8 Å². The van der Waals surface area contributed by atoms with Crippen LogP contribution < -0.4 is 5.32 Å². The number of aryl methyl sites for hydroxylation is 1. The molecular formula is C14H20N2O2. The highest BCUT2D eigenvalue weighted by Crippen LogP contribution is 2.27. The lowest BCUT2D eigenvalue weighted by atomic mass is 9.88. The minimum absolute atomic E-state index is 0.538. The summed E-state index contributed by atoms with van der Waals surface area (Å²) in [5.41, 5.74) is 1.13. The molecule has 2 rings (SSSR count). The number of para-hydroxylation sites is 1. The van der Waals surface area contributed by atoms with Gasteiger partial charge in [-0.15, -0.1) is 0 Å². The zero-order valence-electron chi connectivity index (χ0n) is 10.9. The molecule has 1 fully saturated rings. The largest absolute Gasteiger partial charge is 0.479 e. The van der Waals surface area contributed by atoms with E-state index in [9.17, 15) is 9.90 Å². The van der Waals surface area contributed by atoms with E-state index in [1.54, 1.807) is 0 Å². The second-order valence-corrected chi connectivity index (χ2v) is 5.17. The van der Waals surface area contributed by atoms with Crippen molar-refractivity contribution in [2.75, 3.05) is 25.5 Å². The highest BCUT2D eigenvalue weighted by atomic mass is 16.4. The Labute approximate surface area is 108 Å². The first-order chi connectivity index (χ1) is 8.53. The summed E-state index contributed by atoms with van der Waals surface area (Å²) in [5, 5.41) is 12.8. The van der Waals surface area contributed by atoms with Gasteiger partial charge in [-0.2, -0.15) is 0 Å². The number of carbonyl (C=O) groups is 1. The van der Waals surface area contributed by atoms with Crippen molar-refractivity contribution >= 4 is 11.7 Å². The number of carboxylic acid groups (broad SMARTS) is 1. The first-order valence-corrected chi connectivity index (χ1v) is 6.29. The zero-order valence-corrected chi connectivity index (χ0v) is 10.9. The number of hydrogen-bond acceptors (Lipinski definition) is 3. The number of benzene rings is 1. The lowest BCUT2D eigenvalue weighted by molar-refractivity contribution is -0.144. The van der Waals surface area contributed by atoms with Crippen molar-refractivity contribution in [1.29, 1.82) is 0 Å². The van der Waals surface area contributed by atoms with Crippen molar-refractivity contribution in [2.45, 2.75) is 25.3 Å². The van der Waals surface area contributed by atoms with Gasteiger partial charge in [0, 0.05) is 12.2 Å². The number of anilines is 1. The molecule has 1 unspecified atom stereocenters. The van der Waals surface area contributed by atoms with Crippen LogP contribution in [0.15, 0.2) is 24.3 Å². The number of likely N-dealkylation sites (tertiary alicyclic amines) is 1. The minimum atomic E-state index is -0.862. The molecule has 1 heterocycles. The third-order valence-corrected chi connectivity index (χ3v) is 3.61. The van der Waals surface area contributed by atoms with E-state index in [1.165, 1.54) is 0 Å². The monoisotopic (exact) mass is 248 g/mol. The Morgan fingerprint density at radius 1 is 1.44 bits per heavy atom. The lowest BCUT2D eigenvalue weighted by Crippen LogP contribution is -2.57. The van der Waals surface area contributed by atoms with E-state index in [-0.39, 0.29) is 0 Å². The van der Waals surface area contributed by atoms with Crippen LogP contribution in [-0.4, -0.2) is 41.7 Å². The van der Waals surface area contributed by atoms with Crippen LogP contribution >= 0.6 is 0 Å². The summed E-state index contributed by atoms with van der Waals surface area (Å²) < 4.78 is 0. The van der Waals surface area contributed by atoms with Crippen molar-refractivity contribution in [2.24, 2.45) is 0 Å². The van der Waals surface area contributed by atoms with Gasteiger partial charge in [0.1, 0.15) is 5.54 Å². The van der Waals surface area contributed by atoms with Gasteiger partial charge in [0.15, 0.2) is 0 Å². The average molecular weight is 248 g/mol. The van der Waals surface area contributed by atoms with Gasteiger partial charge in [0.05, 0.1) is 0 Å². The van der Waals surface area contributed by atoms with E-state index in [1.807, 2.05) is 38.2 Å². The molecule has 0 aliphatic carbocycles. The first-order valence-electron chi connectivity index (χ1n) is 6.29. The summed E-state index contributed by atoms with van der Waals surface area (Å²) in [6, 6.07) is 7.82. The van der Waals surface area contributed by atoms with Gasteiger partial charge in [-0.25, -0.2) is 4.79 Å². The molecular weight excluding hydrogens is 228 g/mol. The zero-order chi connectivity index (χ0) is 13.2. The molecule has 0 spiro atoms. The molecule has 4 heteroatoms. The number of aliphatic carboxylic acids is 1. The molecule has 0 bridgehead atoms. The second kappa shape index (κ2) is 4.98. The standard InChI is InChI=1S/C14H20N2O2/c1-11-6-3-4-7-12(11)15-14(13(17)18)8-5-9-16(2)10-14/h3-4,6-7,15H,5,8-10H2,1-2H3,(H,17,18). The smallest absolute Gasteiger partial charge is 0.330 e. The van der Waals surface area contributed by atoms with Crippen LogP contribution in [0.5, 0.6) is 0 Å². The van der Waals surface area contributed by atoms with Crippen LogP contribution in [0.4, 0.5) is 5.69 Å². The van der Waals surface area contributed by atoms with Crippen LogP contribution in [-0.2, 0) is 4.79 Å². The fourth-order valence-electron chi connectivity index (χ4n) is 2.57. The Morgan fingerprint density at radius 3 is 2.78 bits per heavy atom. The molecule has 2 N–H and O–H groups in total. The summed E-state index contributed by atoms with van der Waals surface area (Å²) in [6.45, 7) is 3.49. The molecule has 1 atom stereocenters. The van der Waals surface area contributed by atoms with Crippen LogP contribution in [0.3, 0.4) is 0 Å². The van der Waals surface area contributed by atoms with Crippen molar-refractivity contribution in [3.8, 4) is 0 Å². The van der Waals surface area contributed by atoms with Gasteiger partial charge in [0.25, 0.3) is 0 Å². The maximum Gasteiger partial charge on any atom is 0.330 e. The number of nitrogens with one attached hydrogen (secondary N) is 1. The summed E-state index contributed by atoms with van der Waals surface area (Å²) >= 11 is 0. The highest BCUT2D eigenvalue weighted by molar-refractivity contribution is 5.83. The fourth-order valence-corrected chi connectivity index (χ4v) is 2.57. The van der Waals surface area contributed by atoms with Gasteiger partial charge >= 0.3 is 5.97 Å². The van der Waals surface area contributed by atoms with Gasteiger partial charge < -0.3 is 15.3 Å². The van der Waals surface area contributed by atoms with Gasteiger partial charge in [-0.1, -0.05) is 18.2 Å². The average Bonchev–Trinajstić information content (AvgIpc) is 2.32. The van der Waals surface area contributed by atoms with Crippen LogP contribution in [0, 0.1) is 6.92 Å². The molecule has 18 heavy (non-hydrogen) atoms. The Morgan fingerprint density at radius 2 is 2.17 bits per heavy atom. The molecule has 0 aromatic heterocycles. The summed E-state index contributed by atoms with van der Waals surface area (Å²) in [7, 11) is 1.97. The maximum atomic E-state index is 11.6. The molecule has 0 amide bonds. The normalized spacial score (nSPS) is 24.8. The molecule has 0 saturated carbocycles. The Kier molecular flexibility index (Phi) is 3.57. The predicted molar refractivity (Wildman–Crippen MR) is 71.9 cm³/mol. The van der Waals surface area contributed by atoms with Crippen LogP contribution in [0.25, 0.3) is 0 Å². The molecule has 98 valence electrons. The molecule has 1 saturated heterocycles. The molecule has 0 radical (unpaired) electrons. The molecule has 4 nitrogen and oxygen atoms in total. The summed E-state index contributed by atoms with van der Waals surface area (Å²) in [6.07, 6.45) is 1.57. The van der Waals surface area contributed by atoms with E-state index in [0.29, 0.717) is 13.0 Å². The summed E-state index contributed by atoms with van der Waals surface area (Å²) in [5.74, 6) is -0.766. The molecule has 1 aromatic rings. The fraction of sp³-hybridized carbons (Fsp3) is 0.500. The number of piperidine rings is 1. The van der Waals surface area contributed by atoms with Crippen molar-refractivity contribution < 1.29 is 9.90 Å². The number of carboxylic acids is 1. The van der Waals surface area contributed by atoms with E-state index >= 15 is 0 Å². The summed E-state index contributed by atoms with van der Waals surface area (Å²) in [4.78, 5) is 13.7. The maximum absolute atomic E-state index is 11.6. The predicted octanol–water partition coefficient (Wildman–Crippen LogP) is 1.96. The quantitative estimate of drug-likeness (QED) is 0.858. The van der Waals surface area contributed by atoms with E-state index < -0.39 is 11.5 Å². The van der Waals surface area contributed by atoms with Crippen LogP contribution in [0.2, 0.25) is 0 Å². The molecule has 1 aromatic carbocycles. The molecule has 1 aliphatic rings. The third kappa shape index (κ3) is 2.48. The Balaban J connectivity index is 2.26. The van der Waals surface area contributed by atoms with Gasteiger partial charge in [0.2, 0.25) is 0 Å². The van der Waals surface area contributed by atoms with Crippen LogP contribution in [0.1, 0.15) is 18.4 Å². The topological polar surface area (TPSA) is 52.6 Å². The highest BCUT2D eigenvalue weighted by Gasteiger charge is 2.41. The van der Waals surface area contributed by atoms with Crippen molar-refractivity contribution in [3.63, 3.8) is 0 Å². The third-order valence-electron chi connectivity index (χ3n) is 3.61. The number of rotatable bonds is 3.